The number of rotatable bonds is 9. The van der Waals surface area contributed by atoms with Crippen molar-refractivity contribution in [1.82, 2.24) is 0 Å². The summed E-state index contributed by atoms with van der Waals surface area (Å²) in [6, 6.07) is 0. The molecule has 0 unspecified atom stereocenters. The van der Waals surface area contributed by atoms with Crippen molar-refractivity contribution in [1.29, 1.82) is 0 Å². The standard InChI is InChI=1S/C16H24O4/c1-3-7-15(11-17,12-18)9-5-6-10-16(13-19,14-20)8-4-2/h1,4,17-20H,2,7-14H2. The van der Waals surface area contributed by atoms with Gasteiger partial charge >= 0.3 is 0 Å². The third kappa shape index (κ3) is 5.36. The number of hydrogen-bond acceptors (Lipinski definition) is 4. The molecule has 0 aromatic heterocycles. The van der Waals surface area contributed by atoms with Crippen molar-refractivity contribution in [2.75, 3.05) is 26.4 Å². The molecule has 0 aliphatic heterocycles. The quantitative estimate of drug-likeness (QED) is 0.362. The van der Waals surface area contributed by atoms with Crippen molar-refractivity contribution >= 4 is 0 Å². The van der Waals surface area contributed by atoms with Crippen molar-refractivity contribution in [3.05, 3.63) is 12.7 Å². The van der Waals surface area contributed by atoms with Gasteiger partial charge in [-0.2, -0.15) is 0 Å². The van der Waals surface area contributed by atoms with E-state index in [-0.39, 0.29) is 39.3 Å². The van der Waals surface area contributed by atoms with Gasteiger partial charge in [0.2, 0.25) is 0 Å². The van der Waals surface area contributed by atoms with E-state index in [1.165, 1.54) is 0 Å². The van der Waals surface area contributed by atoms with Crippen LogP contribution in [-0.2, 0) is 0 Å². The number of terminal acetylenes is 1. The van der Waals surface area contributed by atoms with Crippen molar-refractivity contribution in [3.63, 3.8) is 0 Å². The van der Waals surface area contributed by atoms with Gasteiger partial charge in [-0.05, 0) is 6.42 Å². The number of aliphatic hydroxyl groups is 4. The first-order valence-corrected chi connectivity index (χ1v) is 6.51. The highest BCUT2D eigenvalue weighted by molar-refractivity contribution is 5.09. The Bertz CT molecular complexity index is 376. The Morgan fingerprint density at radius 2 is 1.30 bits per heavy atom. The van der Waals surface area contributed by atoms with Gasteiger partial charge in [0, 0.05) is 30.1 Å². The number of hydrogen-bond donors (Lipinski definition) is 4. The zero-order valence-corrected chi connectivity index (χ0v) is 11.8. The molecule has 0 amide bonds. The van der Waals surface area contributed by atoms with Crippen LogP contribution in [0.25, 0.3) is 0 Å². The summed E-state index contributed by atoms with van der Waals surface area (Å²) in [6.07, 6.45) is 8.15. The normalized spacial score (nSPS) is 11.3. The fourth-order valence-corrected chi connectivity index (χ4v) is 1.72. The third-order valence-electron chi connectivity index (χ3n) is 3.45. The van der Waals surface area contributed by atoms with E-state index in [0.29, 0.717) is 12.8 Å². The van der Waals surface area contributed by atoms with Gasteiger partial charge in [0.15, 0.2) is 0 Å². The molecule has 4 nitrogen and oxygen atoms in total. The molecule has 20 heavy (non-hydrogen) atoms. The molecule has 0 atom stereocenters. The Morgan fingerprint density at radius 3 is 1.65 bits per heavy atom. The third-order valence-corrected chi connectivity index (χ3v) is 3.45. The predicted molar refractivity (Wildman–Crippen MR) is 78.5 cm³/mol. The second-order valence-corrected chi connectivity index (χ2v) is 5.21. The van der Waals surface area contributed by atoms with E-state index in [0.717, 1.165) is 0 Å². The maximum Gasteiger partial charge on any atom is 0.0527 e. The van der Waals surface area contributed by atoms with Crippen LogP contribution in [0.4, 0.5) is 0 Å². The van der Waals surface area contributed by atoms with Gasteiger partial charge in [-0.3, -0.25) is 0 Å². The molecule has 0 radical (unpaired) electrons. The fourth-order valence-electron chi connectivity index (χ4n) is 1.72. The molecule has 0 aromatic carbocycles. The van der Waals surface area contributed by atoms with Gasteiger partial charge in [0.1, 0.15) is 0 Å². The van der Waals surface area contributed by atoms with E-state index in [1.54, 1.807) is 6.08 Å². The highest BCUT2D eigenvalue weighted by atomic mass is 16.3. The lowest BCUT2D eigenvalue weighted by Crippen LogP contribution is -2.29. The molecule has 0 aliphatic carbocycles. The van der Waals surface area contributed by atoms with Crippen LogP contribution in [-0.4, -0.2) is 46.9 Å². The van der Waals surface area contributed by atoms with Crippen LogP contribution in [0.3, 0.4) is 0 Å². The second-order valence-electron chi connectivity index (χ2n) is 5.21. The number of allylic oxidation sites excluding steroid dienone is 1. The summed E-state index contributed by atoms with van der Waals surface area (Å²) in [6.45, 7) is 2.77. The smallest absolute Gasteiger partial charge is 0.0527 e. The summed E-state index contributed by atoms with van der Waals surface area (Å²) in [5.74, 6) is 8.19. The van der Waals surface area contributed by atoms with Gasteiger partial charge in [-0.15, -0.1) is 30.8 Å². The SMILES string of the molecule is C#CCC(CO)(CO)CC#CCC(CO)(CO)CC=C. The van der Waals surface area contributed by atoms with Gasteiger partial charge in [-0.1, -0.05) is 6.08 Å². The molecule has 0 fully saturated rings. The average Bonchev–Trinajstić information content (AvgIpc) is 2.49. The van der Waals surface area contributed by atoms with Gasteiger partial charge in [-0.25, -0.2) is 0 Å². The molecule has 0 rings (SSSR count). The van der Waals surface area contributed by atoms with E-state index in [4.69, 9.17) is 6.42 Å². The van der Waals surface area contributed by atoms with Gasteiger partial charge in [0.05, 0.1) is 26.4 Å². The molecule has 0 spiro atoms. The average molecular weight is 280 g/mol. The first-order chi connectivity index (χ1) is 9.57. The van der Waals surface area contributed by atoms with E-state index >= 15 is 0 Å². The molecule has 4 heteroatoms. The van der Waals surface area contributed by atoms with Crippen LogP contribution < -0.4 is 0 Å². The van der Waals surface area contributed by atoms with E-state index in [9.17, 15) is 20.4 Å². The van der Waals surface area contributed by atoms with Gasteiger partial charge in [0.25, 0.3) is 0 Å². The minimum atomic E-state index is -0.790. The van der Waals surface area contributed by atoms with Crippen LogP contribution in [0.15, 0.2) is 12.7 Å². The first-order valence-electron chi connectivity index (χ1n) is 6.51. The zero-order chi connectivity index (χ0) is 15.5. The Labute approximate surface area is 121 Å². The fraction of sp³-hybridized carbons (Fsp3) is 0.625. The van der Waals surface area contributed by atoms with Crippen molar-refractivity contribution in [2.45, 2.75) is 25.7 Å². The first kappa shape index (κ1) is 18.7. The Balaban J connectivity index is 4.73. The topological polar surface area (TPSA) is 80.9 Å². The molecule has 4 N–H and O–H groups in total. The van der Waals surface area contributed by atoms with Crippen molar-refractivity contribution < 1.29 is 20.4 Å². The minimum Gasteiger partial charge on any atom is -0.396 e. The van der Waals surface area contributed by atoms with Crippen molar-refractivity contribution in [3.8, 4) is 24.2 Å². The van der Waals surface area contributed by atoms with Crippen LogP contribution in [0.5, 0.6) is 0 Å². The highest BCUT2D eigenvalue weighted by Crippen LogP contribution is 2.27. The van der Waals surface area contributed by atoms with E-state index in [2.05, 4.69) is 24.3 Å². The monoisotopic (exact) mass is 280 g/mol. The molecule has 0 aliphatic rings. The summed E-state index contributed by atoms with van der Waals surface area (Å²) in [5.41, 5.74) is -1.48. The van der Waals surface area contributed by atoms with Crippen LogP contribution >= 0.6 is 0 Å². The molecule has 0 saturated carbocycles. The highest BCUT2D eigenvalue weighted by Gasteiger charge is 2.28. The van der Waals surface area contributed by atoms with Crippen LogP contribution in [0.1, 0.15) is 25.7 Å². The lowest BCUT2D eigenvalue weighted by atomic mass is 9.81. The Hall–Kier alpha value is -1.30. The maximum atomic E-state index is 9.36. The molecule has 112 valence electrons. The largest absolute Gasteiger partial charge is 0.396 e. The number of aliphatic hydroxyl groups excluding tert-OH is 4. The van der Waals surface area contributed by atoms with E-state index in [1.807, 2.05) is 0 Å². The second kappa shape index (κ2) is 9.58. The molecule has 0 heterocycles. The summed E-state index contributed by atoms with van der Waals surface area (Å²) in [7, 11) is 0. The van der Waals surface area contributed by atoms with Gasteiger partial charge < -0.3 is 20.4 Å². The molecule has 0 saturated heterocycles. The molecule has 0 aromatic rings. The molecule has 0 bridgehead atoms. The predicted octanol–water partition coefficient (Wildman–Crippen LogP) is 0.311. The lowest BCUT2D eigenvalue weighted by molar-refractivity contribution is 0.0597. The molecular formula is C16H24O4. The Kier molecular flexibility index (Phi) is 8.96. The maximum absolute atomic E-state index is 9.36. The zero-order valence-electron chi connectivity index (χ0n) is 11.8. The van der Waals surface area contributed by atoms with Crippen LogP contribution in [0.2, 0.25) is 0 Å². The minimum absolute atomic E-state index is 0.181. The Morgan fingerprint density at radius 1 is 0.850 bits per heavy atom. The van der Waals surface area contributed by atoms with Crippen LogP contribution in [0, 0.1) is 35.0 Å². The summed E-state index contributed by atoms with van der Waals surface area (Å²) in [5, 5.41) is 37.4. The lowest BCUT2D eigenvalue weighted by Gasteiger charge is -2.26. The van der Waals surface area contributed by atoms with E-state index < -0.39 is 10.8 Å². The van der Waals surface area contributed by atoms with Crippen molar-refractivity contribution in [2.24, 2.45) is 10.8 Å². The summed E-state index contributed by atoms with van der Waals surface area (Å²) in [4.78, 5) is 0. The molecular weight excluding hydrogens is 256 g/mol. The summed E-state index contributed by atoms with van der Waals surface area (Å²) < 4.78 is 0. The summed E-state index contributed by atoms with van der Waals surface area (Å²) >= 11 is 0.